The number of pyridine rings is 2. The van der Waals surface area contributed by atoms with Crippen LogP contribution >= 0.6 is 0 Å². The molecule has 5 aliphatic rings. The summed E-state index contributed by atoms with van der Waals surface area (Å²) < 4.78 is 16.3. The number of imide groups is 1. The average molecular weight is 828 g/mol. The van der Waals surface area contributed by atoms with E-state index >= 15 is 0 Å². The monoisotopic (exact) mass is 827 g/mol. The highest BCUT2D eigenvalue weighted by molar-refractivity contribution is 6.05. The van der Waals surface area contributed by atoms with E-state index in [9.17, 15) is 14.4 Å². The quantitative estimate of drug-likeness (QED) is 0.231. The molecule has 10 rings (SSSR count). The number of nitrogens with one attached hydrogen (secondary N) is 2. The molecule has 16 heteroatoms. The van der Waals surface area contributed by atoms with Crippen LogP contribution in [-0.4, -0.2) is 110 Å². The predicted molar refractivity (Wildman–Crippen MR) is 230 cm³/mol. The van der Waals surface area contributed by atoms with E-state index in [2.05, 4.69) is 58.2 Å². The van der Waals surface area contributed by atoms with Crippen molar-refractivity contribution in [2.75, 3.05) is 61.0 Å². The summed E-state index contributed by atoms with van der Waals surface area (Å²) in [6.07, 6.45) is 7.06. The van der Waals surface area contributed by atoms with Gasteiger partial charge in [-0.1, -0.05) is 0 Å². The number of aryl methyl sites for hydroxylation is 3. The molecule has 4 aliphatic heterocycles. The summed E-state index contributed by atoms with van der Waals surface area (Å²) in [5.74, 6) is 1.62. The molecule has 318 valence electrons. The summed E-state index contributed by atoms with van der Waals surface area (Å²) in [5, 5.41) is 10.0. The first-order chi connectivity index (χ1) is 29.6. The van der Waals surface area contributed by atoms with Crippen LogP contribution in [-0.2, 0) is 23.2 Å². The number of benzene rings is 1. The van der Waals surface area contributed by atoms with Crippen LogP contribution in [0.4, 0.5) is 17.3 Å². The van der Waals surface area contributed by atoms with E-state index < -0.39 is 12.0 Å². The normalized spacial score (nSPS) is 22.8. The molecule has 0 radical (unpaired) electrons. The van der Waals surface area contributed by atoms with Crippen LogP contribution in [0, 0.1) is 25.7 Å². The van der Waals surface area contributed by atoms with Gasteiger partial charge in [-0.3, -0.25) is 34.9 Å². The Morgan fingerprint density at radius 1 is 0.820 bits per heavy atom. The number of amides is 3. The van der Waals surface area contributed by atoms with Gasteiger partial charge in [-0.15, -0.1) is 0 Å². The molecule has 4 aromatic heterocycles. The lowest BCUT2D eigenvalue weighted by Gasteiger charge is -2.44. The summed E-state index contributed by atoms with van der Waals surface area (Å²) in [5.41, 5.74) is 7.74. The highest BCUT2D eigenvalue weighted by atomic mass is 16.5. The van der Waals surface area contributed by atoms with Crippen molar-refractivity contribution in [1.29, 1.82) is 0 Å². The van der Waals surface area contributed by atoms with E-state index in [0.717, 1.165) is 112 Å². The summed E-state index contributed by atoms with van der Waals surface area (Å²) in [4.78, 5) is 59.7. The van der Waals surface area contributed by atoms with Crippen molar-refractivity contribution in [3.63, 3.8) is 0 Å². The fraction of sp³-hybridized carbons (Fsp3) is 0.489. The van der Waals surface area contributed by atoms with Gasteiger partial charge in [-0.2, -0.15) is 5.10 Å². The van der Waals surface area contributed by atoms with Crippen LogP contribution in [0.2, 0.25) is 0 Å². The number of anilines is 3. The lowest BCUT2D eigenvalue weighted by Crippen LogP contribution is -2.53. The minimum atomic E-state index is -0.700. The number of hydrogen-bond donors (Lipinski definition) is 2. The van der Waals surface area contributed by atoms with Crippen LogP contribution in [0.3, 0.4) is 0 Å². The fourth-order valence-corrected chi connectivity index (χ4v) is 10.1. The van der Waals surface area contributed by atoms with E-state index in [1.807, 2.05) is 45.2 Å². The number of carbonyl (C=O) groups is 3. The summed E-state index contributed by atoms with van der Waals surface area (Å²) >= 11 is 0. The molecule has 2 N–H and O–H groups in total. The maximum absolute atomic E-state index is 14.0. The average Bonchev–Trinajstić information content (AvgIpc) is 3.97. The summed E-state index contributed by atoms with van der Waals surface area (Å²) in [6.45, 7) is 11.0. The second-order valence-electron chi connectivity index (χ2n) is 17.5. The molecule has 4 fully saturated rings. The van der Waals surface area contributed by atoms with Gasteiger partial charge in [0.1, 0.15) is 0 Å². The maximum atomic E-state index is 14.0. The Balaban J connectivity index is 0.808. The number of carbonyl (C=O) groups excluding carboxylic acids is 3. The van der Waals surface area contributed by atoms with Crippen molar-refractivity contribution < 1.29 is 23.9 Å². The second-order valence-corrected chi connectivity index (χ2v) is 17.5. The zero-order chi connectivity index (χ0) is 41.8. The Kier molecular flexibility index (Phi) is 10.3. The van der Waals surface area contributed by atoms with Gasteiger partial charge in [0.25, 0.3) is 11.8 Å². The lowest BCUT2D eigenvalue weighted by molar-refractivity contribution is -0.139. The van der Waals surface area contributed by atoms with E-state index in [1.54, 1.807) is 10.9 Å². The molecule has 0 spiro atoms. The Morgan fingerprint density at radius 3 is 2.44 bits per heavy atom. The molecule has 1 unspecified atom stereocenters. The Bertz CT molecular complexity index is 2500. The number of rotatable bonds is 5. The standard InChI is InChI=1S/C45H53N11O5/c1-27-20-31-22-36(47-27)34-24-46-52(3)44(34)60-26-30-5-4-29(21-30)25-56-38-23-33(6-7-35(38)49-45(56)51-42(31)58)54-18-16-53(17-19-54)32-12-14-55(15-13-32)37-8-11-41(48-28(37)2)61-39-9-10-40(57)50-43(39)59/h6-8,11,20,22-24,29-30,32,39H,4-5,9-10,12-19,21,25-26H2,1-3H3,(H,49,51,58)(H,50,57,59)/t29-,30+,39?/m1/s1. The number of hydrogen-bond acceptors (Lipinski definition) is 12. The first-order valence-corrected chi connectivity index (χ1v) is 21.8. The number of aromatic nitrogens is 6. The first kappa shape index (κ1) is 39.1. The molecule has 1 aliphatic carbocycles. The van der Waals surface area contributed by atoms with E-state index in [0.29, 0.717) is 59.9 Å². The van der Waals surface area contributed by atoms with Crippen molar-refractivity contribution in [3.05, 3.63) is 65.6 Å². The molecule has 5 aromatic rings. The highest BCUT2D eigenvalue weighted by Gasteiger charge is 2.32. The number of piperidine rings is 2. The van der Waals surface area contributed by atoms with Gasteiger partial charge in [0.2, 0.25) is 23.6 Å². The van der Waals surface area contributed by atoms with Gasteiger partial charge in [0.05, 0.1) is 46.5 Å². The van der Waals surface area contributed by atoms with Gasteiger partial charge in [-0.25, -0.2) is 14.6 Å². The van der Waals surface area contributed by atoms with Gasteiger partial charge >= 0.3 is 0 Å². The Labute approximate surface area is 354 Å². The molecule has 1 saturated carbocycles. The number of ether oxygens (including phenoxy) is 2. The number of fused-ring (bicyclic) bond motifs is 9. The molecule has 1 aromatic carbocycles. The van der Waals surface area contributed by atoms with Crippen molar-refractivity contribution in [2.45, 2.75) is 77.5 Å². The molecule has 16 nitrogen and oxygen atoms in total. The number of imidazole rings is 1. The zero-order valence-corrected chi connectivity index (χ0v) is 35.1. The van der Waals surface area contributed by atoms with Crippen LogP contribution < -0.4 is 29.9 Å². The maximum Gasteiger partial charge on any atom is 0.267 e. The van der Waals surface area contributed by atoms with Crippen molar-refractivity contribution in [2.24, 2.45) is 18.9 Å². The van der Waals surface area contributed by atoms with Crippen LogP contribution in [0.15, 0.2) is 48.7 Å². The predicted octanol–water partition coefficient (Wildman–Crippen LogP) is 4.88. The molecule has 61 heavy (non-hydrogen) atoms. The third-order valence-electron chi connectivity index (χ3n) is 13.4. The Morgan fingerprint density at radius 2 is 1.64 bits per heavy atom. The number of nitrogens with zero attached hydrogens (tertiary/aromatic N) is 9. The topological polar surface area (TPSA) is 165 Å². The van der Waals surface area contributed by atoms with Gasteiger partial charge in [0, 0.05) is 94.8 Å². The summed E-state index contributed by atoms with van der Waals surface area (Å²) in [6, 6.07) is 14.6. The minimum Gasteiger partial charge on any atom is -0.477 e. The molecule has 3 atom stereocenters. The van der Waals surface area contributed by atoms with E-state index in [1.165, 1.54) is 5.69 Å². The molecular formula is C45H53N11O5. The van der Waals surface area contributed by atoms with Crippen LogP contribution in [0.25, 0.3) is 22.3 Å². The Hall–Kier alpha value is -6.03. The molecule has 3 saturated heterocycles. The third kappa shape index (κ3) is 7.88. The number of piperazine rings is 1. The largest absolute Gasteiger partial charge is 0.477 e. The SMILES string of the molecule is Cc1cc2cc(n1)-c1cnn(C)c1OC[C@H]1CC[C@H](C1)Cn1c(nc3ccc(N4CCN(C5CCN(c6ccc(OC7CCC(=O)NC7=O)nc6C)CC5)CC4)cc31)NC2=O. The first-order valence-electron chi connectivity index (χ1n) is 21.8. The van der Waals surface area contributed by atoms with Crippen LogP contribution in [0.1, 0.15) is 66.7 Å². The van der Waals surface area contributed by atoms with Gasteiger partial charge in [-0.05, 0) is 94.2 Å². The van der Waals surface area contributed by atoms with Gasteiger partial charge < -0.3 is 23.8 Å². The van der Waals surface area contributed by atoms with E-state index in [4.69, 9.17) is 19.4 Å². The smallest absolute Gasteiger partial charge is 0.267 e. The fourth-order valence-electron chi connectivity index (χ4n) is 10.1. The molecule has 8 heterocycles. The molecule has 3 amide bonds. The molecular weight excluding hydrogens is 775 g/mol. The second kappa shape index (κ2) is 16.1. The minimum absolute atomic E-state index is 0.225. The highest BCUT2D eigenvalue weighted by Crippen LogP contribution is 2.37. The zero-order valence-electron chi connectivity index (χ0n) is 35.1. The van der Waals surface area contributed by atoms with Crippen molar-refractivity contribution in [3.8, 4) is 23.0 Å². The van der Waals surface area contributed by atoms with Crippen molar-refractivity contribution in [1.82, 2.24) is 39.5 Å². The molecule has 4 bridgehead atoms. The third-order valence-corrected chi connectivity index (χ3v) is 13.4. The lowest BCUT2D eigenvalue weighted by atomic mass is 10.0. The van der Waals surface area contributed by atoms with E-state index in [-0.39, 0.29) is 18.2 Å². The van der Waals surface area contributed by atoms with Gasteiger partial charge in [0.15, 0.2) is 6.10 Å². The van der Waals surface area contributed by atoms with Crippen molar-refractivity contribution >= 4 is 46.1 Å². The summed E-state index contributed by atoms with van der Waals surface area (Å²) in [7, 11) is 1.88. The van der Waals surface area contributed by atoms with Crippen LogP contribution in [0.5, 0.6) is 11.8 Å².